The van der Waals surface area contributed by atoms with Crippen LogP contribution in [-0.4, -0.2) is 18.6 Å². The van der Waals surface area contributed by atoms with Crippen LogP contribution in [-0.2, 0) is 0 Å². The van der Waals surface area contributed by atoms with Crippen molar-refractivity contribution in [1.29, 1.82) is 0 Å². The molecule has 1 aromatic heterocycles. The summed E-state index contributed by atoms with van der Waals surface area (Å²) in [4.78, 5) is 1.08. The molecule has 2 N–H and O–H groups in total. The number of aromatic nitrogens is 1. The van der Waals surface area contributed by atoms with E-state index in [4.69, 9.17) is 15.2 Å². The predicted octanol–water partition coefficient (Wildman–Crippen LogP) is 4.69. The summed E-state index contributed by atoms with van der Waals surface area (Å²) in [6.45, 7) is 4.15. The van der Waals surface area contributed by atoms with Crippen molar-refractivity contribution in [3.05, 3.63) is 47.7 Å². The third-order valence-corrected chi connectivity index (χ3v) is 5.07. The molecule has 0 aliphatic carbocycles. The van der Waals surface area contributed by atoms with Gasteiger partial charge >= 0.3 is 0 Å². The number of anilines is 1. The Morgan fingerprint density at radius 2 is 1.79 bits per heavy atom. The topological polar surface area (TPSA) is 57.4 Å². The minimum absolute atomic E-state index is 0.673. The number of hydrogen-bond donors (Lipinski definition) is 1. The van der Waals surface area contributed by atoms with Gasteiger partial charge in [-0.05, 0) is 60.3 Å². The first-order chi connectivity index (χ1) is 11.5. The number of benzene rings is 2. The fraction of sp³-hybridized carbons (Fsp3) is 0.211. The van der Waals surface area contributed by atoms with E-state index in [2.05, 4.69) is 30.4 Å². The highest BCUT2D eigenvalue weighted by Gasteiger charge is 2.15. The fourth-order valence-electron chi connectivity index (χ4n) is 2.72. The summed E-state index contributed by atoms with van der Waals surface area (Å²) in [6, 6.07) is 9.93. The van der Waals surface area contributed by atoms with Gasteiger partial charge < -0.3 is 15.2 Å². The number of aryl methyl sites for hydroxylation is 1. The van der Waals surface area contributed by atoms with Crippen LogP contribution in [0.2, 0.25) is 0 Å². The molecular weight excluding hydrogens is 320 g/mol. The third-order valence-electron chi connectivity index (χ3n) is 4.22. The molecule has 0 amide bonds. The molecule has 0 aliphatic heterocycles. The second-order valence-electron chi connectivity index (χ2n) is 5.64. The maximum absolute atomic E-state index is 6.22. The van der Waals surface area contributed by atoms with E-state index in [0.29, 0.717) is 5.69 Å². The van der Waals surface area contributed by atoms with Gasteiger partial charge in [-0.25, -0.2) is 0 Å². The Labute approximate surface area is 146 Å². The average molecular weight is 340 g/mol. The van der Waals surface area contributed by atoms with E-state index in [9.17, 15) is 0 Å². The lowest BCUT2D eigenvalue weighted by Gasteiger charge is -2.12. The fourth-order valence-corrected chi connectivity index (χ4v) is 3.47. The highest BCUT2D eigenvalue weighted by molar-refractivity contribution is 7.10. The SMILES string of the molecule is COc1ccc(-c2cnsc2-c2cc(C)c(C)c(OC)c2)c(N)c1. The molecule has 3 rings (SSSR count). The molecule has 5 heteroatoms. The second kappa shape index (κ2) is 6.53. The van der Waals surface area contributed by atoms with E-state index in [1.54, 1.807) is 14.2 Å². The van der Waals surface area contributed by atoms with Gasteiger partial charge in [0, 0.05) is 29.1 Å². The van der Waals surface area contributed by atoms with Crippen LogP contribution >= 0.6 is 11.5 Å². The summed E-state index contributed by atoms with van der Waals surface area (Å²) in [5.41, 5.74) is 12.3. The molecule has 0 bridgehead atoms. The van der Waals surface area contributed by atoms with E-state index >= 15 is 0 Å². The number of nitrogens with two attached hydrogens (primary N) is 1. The molecule has 124 valence electrons. The van der Waals surface area contributed by atoms with Gasteiger partial charge in [-0.15, -0.1) is 0 Å². The molecule has 2 aromatic carbocycles. The first kappa shape index (κ1) is 16.3. The lowest BCUT2D eigenvalue weighted by atomic mass is 9.98. The van der Waals surface area contributed by atoms with Crippen molar-refractivity contribution in [3.63, 3.8) is 0 Å². The molecule has 0 fully saturated rings. The van der Waals surface area contributed by atoms with E-state index in [1.807, 2.05) is 24.4 Å². The van der Waals surface area contributed by atoms with Gasteiger partial charge in [-0.1, -0.05) is 6.07 Å². The monoisotopic (exact) mass is 340 g/mol. The van der Waals surface area contributed by atoms with E-state index in [1.165, 1.54) is 17.1 Å². The van der Waals surface area contributed by atoms with Crippen molar-refractivity contribution >= 4 is 17.2 Å². The third kappa shape index (κ3) is 2.83. The van der Waals surface area contributed by atoms with Crippen LogP contribution in [0.1, 0.15) is 11.1 Å². The Morgan fingerprint density at radius 3 is 2.46 bits per heavy atom. The highest BCUT2D eigenvalue weighted by Crippen LogP contribution is 2.40. The molecule has 0 atom stereocenters. The van der Waals surface area contributed by atoms with Crippen LogP contribution < -0.4 is 15.2 Å². The Kier molecular flexibility index (Phi) is 4.44. The molecule has 0 saturated carbocycles. The van der Waals surface area contributed by atoms with Crippen molar-refractivity contribution in [3.8, 4) is 33.1 Å². The van der Waals surface area contributed by atoms with Gasteiger partial charge in [0.05, 0.1) is 19.1 Å². The predicted molar refractivity (Wildman–Crippen MR) is 100.0 cm³/mol. The summed E-state index contributed by atoms with van der Waals surface area (Å²) >= 11 is 1.46. The zero-order valence-electron chi connectivity index (χ0n) is 14.2. The maximum Gasteiger partial charge on any atom is 0.122 e. The number of nitrogen functional groups attached to an aromatic ring is 1. The van der Waals surface area contributed by atoms with Crippen molar-refractivity contribution in [2.45, 2.75) is 13.8 Å². The molecule has 1 heterocycles. The molecular formula is C19H20N2O2S. The molecule has 0 aliphatic rings. The quantitative estimate of drug-likeness (QED) is 0.700. The molecule has 24 heavy (non-hydrogen) atoms. The first-order valence-electron chi connectivity index (χ1n) is 7.59. The number of ether oxygens (including phenoxy) is 2. The van der Waals surface area contributed by atoms with Gasteiger partial charge in [0.1, 0.15) is 11.5 Å². The number of rotatable bonds is 4. The normalized spacial score (nSPS) is 10.7. The van der Waals surface area contributed by atoms with E-state index in [-0.39, 0.29) is 0 Å². The van der Waals surface area contributed by atoms with Crippen LogP contribution in [0, 0.1) is 13.8 Å². The molecule has 0 saturated heterocycles. The Morgan fingerprint density at radius 1 is 1.00 bits per heavy atom. The van der Waals surface area contributed by atoms with Crippen molar-refractivity contribution in [1.82, 2.24) is 4.37 Å². The molecule has 4 nitrogen and oxygen atoms in total. The lowest BCUT2D eigenvalue weighted by molar-refractivity contribution is 0.411. The summed E-state index contributed by atoms with van der Waals surface area (Å²) in [7, 11) is 3.33. The maximum atomic E-state index is 6.22. The van der Waals surface area contributed by atoms with Gasteiger partial charge in [0.15, 0.2) is 0 Å². The Balaban J connectivity index is 2.14. The van der Waals surface area contributed by atoms with Crippen LogP contribution in [0.25, 0.3) is 21.6 Å². The van der Waals surface area contributed by atoms with Gasteiger partial charge in [0.25, 0.3) is 0 Å². The number of hydrogen-bond acceptors (Lipinski definition) is 5. The molecule has 3 aromatic rings. The zero-order valence-corrected chi connectivity index (χ0v) is 15.0. The minimum atomic E-state index is 0.673. The van der Waals surface area contributed by atoms with Crippen LogP contribution in [0.5, 0.6) is 11.5 Å². The van der Waals surface area contributed by atoms with E-state index in [0.717, 1.165) is 38.6 Å². The smallest absolute Gasteiger partial charge is 0.122 e. The zero-order chi connectivity index (χ0) is 17.3. The Hall–Kier alpha value is -2.53. The lowest BCUT2D eigenvalue weighted by Crippen LogP contribution is -1.93. The molecule has 0 radical (unpaired) electrons. The first-order valence-corrected chi connectivity index (χ1v) is 8.36. The second-order valence-corrected chi connectivity index (χ2v) is 6.44. The average Bonchev–Trinajstić information content (AvgIpc) is 3.06. The van der Waals surface area contributed by atoms with E-state index < -0.39 is 0 Å². The van der Waals surface area contributed by atoms with Crippen LogP contribution in [0.3, 0.4) is 0 Å². The van der Waals surface area contributed by atoms with Crippen molar-refractivity contribution in [2.24, 2.45) is 0 Å². The summed E-state index contributed by atoms with van der Waals surface area (Å²) < 4.78 is 15.1. The largest absolute Gasteiger partial charge is 0.497 e. The number of methoxy groups -OCH3 is 2. The highest BCUT2D eigenvalue weighted by atomic mass is 32.1. The summed E-state index contributed by atoms with van der Waals surface area (Å²) in [5.74, 6) is 1.63. The van der Waals surface area contributed by atoms with Crippen LogP contribution in [0.4, 0.5) is 5.69 Å². The Bertz CT molecular complexity index is 887. The summed E-state index contributed by atoms with van der Waals surface area (Å²) in [5, 5.41) is 0. The van der Waals surface area contributed by atoms with Crippen molar-refractivity contribution in [2.75, 3.05) is 20.0 Å². The van der Waals surface area contributed by atoms with Crippen LogP contribution in [0.15, 0.2) is 36.5 Å². The van der Waals surface area contributed by atoms with Crippen molar-refractivity contribution < 1.29 is 9.47 Å². The standard InChI is InChI=1S/C19H20N2O2S/c1-11-7-13(8-18(23-4)12(11)2)19-16(10-21-24-19)15-6-5-14(22-3)9-17(15)20/h5-10H,20H2,1-4H3. The molecule has 0 unspecified atom stereocenters. The number of nitrogens with zero attached hydrogens (tertiary/aromatic N) is 1. The minimum Gasteiger partial charge on any atom is -0.497 e. The van der Waals surface area contributed by atoms with Gasteiger partial charge in [-0.3, -0.25) is 0 Å². The van der Waals surface area contributed by atoms with Gasteiger partial charge in [-0.2, -0.15) is 4.37 Å². The molecule has 0 spiro atoms. The summed E-state index contributed by atoms with van der Waals surface area (Å²) in [6.07, 6.45) is 1.86. The van der Waals surface area contributed by atoms with Gasteiger partial charge in [0.2, 0.25) is 0 Å².